The van der Waals surface area contributed by atoms with Crippen molar-refractivity contribution >= 4 is 29.5 Å². The average Bonchev–Trinajstić information content (AvgIpc) is 2.95. The quantitative estimate of drug-likeness (QED) is 0.530. The van der Waals surface area contributed by atoms with Gasteiger partial charge in [0.15, 0.2) is 11.5 Å². The molecule has 4 nitrogen and oxygen atoms in total. The minimum atomic E-state index is -2.70. The summed E-state index contributed by atoms with van der Waals surface area (Å²) in [5.41, 5.74) is 2.60. The smallest absolute Gasteiger partial charge is 0.306 e. The van der Waals surface area contributed by atoms with Crippen molar-refractivity contribution < 1.29 is 8.63 Å². The highest BCUT2D eigenvalue weighted by Gasteiger charge is 2.27. The third-order valence-corrected chi connectivity index (χ3v) is 3.80. The fourth-order valence-electron chi connectivity index (χ4n) is 2.77. The summed E-state index contributed by atoms with van der Waals surface area (Å²) < 4.78 is 28.2. The molecular weight excluding hydrogens is 297 g/mol. The third-order valence-electron chi connectivity index (χ3n) is 3.80. The maximum absolute atomic E-state index is 13.6. The monoisotopic (exact) mass is 308 g/mol. The fraction of sp³-hybridized carbons (Fsp3) is 0.0625. The first-order chi connectivity index (χ1) is 11.1. The number of halogens is 2. The molecular formula is C16H11BF2N4. The van der Waals surface area contributed by atoms with Crippen molar-refractivity contribution in [3.63, 3.8) is 0 Å². The highest BCUT2D eigenvalue weighted by molar-refractivity contribution is 6.43. The van der Waals surface area contributed by atoms with Crippen LogP contribution in [0.4, 0.5) is 8.63 Å². The first-order valence-electron chi connectivity index (χ1n) is 7.13. The van der Waals surface area contributed by atoms with Crippen LogP contribution in [0.1, 0.15) is 5.56 Å². The van der Waals surface area contributed by atoms with E-state index in [1.165, 1.54) is 0 Å². The molecule has 0 amide bonds. The van der Waals surface area contributed by atoms with Gasteiger partial charge in [0, 0.05) is 11.6 Å². The zero-order chi connectivity index (χ0) is 16.0. The van der Waals surface area contributed by atoms with Gasteiger partial charge in [0.2, 0.25) is 0 Å². The van der Waals surface area contributed by atoms with E-state index in [2.05, 4.69) is 15.0 Å². The van der Waals surface area contributed by atoms with Gasteiger partial charge in [-0.15, -0.1) is 0 Å². The molecule has 3 heterocycles. The fourth-order valence-corrected chi connectivity index (χ4v) is 2.77. The van der Waals surface area contributed by atoms with Crippen LogP contribution in [0.2, 0.25) is 0 Å². The second kappa shape index (κ2) is 5.12. The van der Waals surface area contributed by atoms with Crippen molar-refractivity contribution in [3.8, 4) is 11.5 Å². The van der Waals surface area contributed by atoms with Gasteiger partial charge in [-0.3, -0.25) is 8.63 Å². The molecule has 0 aliphatic carbocycles. The number of hydrogen-bond donors (Lipinski definition) is 0. The lowest BCUT2D eigenvalue weighted by Crippen LogP contribution is -2.15. The van der Waals surface area contributed by atoms with E-state index < -0.39 is 7.40 Å². The van der Waals surface area contributed by atoms with Crippen molar-refractivity contribution in [2.45, 2.75) is 6.92 Å². The van der Waals surface area contributed by atoms with Gasteiger partial charge < -0.3 is 4.48 Å². The van der Waals surface area contributed by atoms with Crippen LogP contribution >= 0.6 is 0 Å². The largest absolute Gasteiger partial charge is 0.679 e. The minimum Gasteiger partial charge on any atom is -0.306 e. The van der Waals surface area contributed by atoms with Crippen molar-refractivity contribution in [3.05, 3.63) is 54.2 Å². The molecule has 0 fully saturated rings. The molecule has 4 aromatic rings. The van der Waals surface area contributed by atoms with Crippen LogP contribution in [0, 0.1) is 6.92 Å². The standard InChI is InChI=1S/C16H11BF2N4/c1-10-4-2-6-12-14(10)23(17(18)19)16(22-12)13-8-7-11-5-3-9-20-15(11)21-13/h2-9H,1H3. The molecule has 0 unspecified atom stereocenters. The van der Waals surface area contributed by atoms with Crippen LogP contribution < -0.4 is 0 Å². The molecule has 0 aliphatic rings. The Bertz CT molecular complexity index is 1030. The summed E-state index contributed by atoms with van der Waals surface area (Å²) in [6, 6.07) is 12.5. The van der Waals surface area contributed by atoms with E-state index in [9.17, 15) is 8.63 Å². The molecule has 0 saturated heterocycles. The van der Waals surface area contributed by atoms with Gasteiger partial charge in [0.25, 0.3) is 0 Å². The van der Waals surface area contributed by atoms with Crippen molar-refractivity contribution in [2.24, 2.45) is 0 Å². The Morgan fingerprint density at radius 3 is 2.70 bits per heavy atom. The predicted molar refractivity (Wildman–Crippen MR) is 86.4 cm³/mol. The molecule has 23 heavy (non-hydrogen) atoms. The maximum Gasteiger partial charge on any atom is 0.679 e. The summed E-state index contributed by atoms with van der Waals surface area (Å²) in [6.07, 6.45) is 1.62. The molecule has 0 atom stereocenters. The van der Waals surface area contributed by atoms with Gasteiger partial charge in [0.05, 0.1) is 11.0 Å². The molecule has 0 radical (unpaired) electrons. The number of benzene rings is 1. The molecule has 0 N–H and O–H groups in total. The number of aryl methyl sites for hydroxylation is 1. The summed E-state index contributed by atoms with van der Waals surface area (Å²) in [6.45, 7) is 1.79. The van der Waals surface area contributed by atoms with Crippen LogP contribution in [0.25, 0.3) is 33.6 Å². The number of nitrogens with zero attached hydrogens (tertiary/aromatic N) is 4. The zero-order valence-corrected chi connectivity index (χ0v) is 12.2. The topological polar surface area (TPSA) is 43.6 Å². The Hall–Kier alpha value is -2.83. The summed E-state index contributed by atoms with van der Waals surface area (Å²) in [7, 11) is -2.70. The van der Waals surface area contributed by atoms with E-state index in [0.29, 0.717) is 22.4 Å². The minimum absolute atomic E-state index is 0.150. The van der Waals surface area contributed by atoms with Gasteiger partial charge in [-0.25, -0.2) is 15.0 Å². The number of imidazole rings is 1. The highest BCUT2D eigenvalue weighted by Crippen LogP contribution is 2.27. The van der Waals surface area contributed by atoms with E-state index >= 15 is 0 Å². The molecule has 7 heteroatoms. The Balaban J connectivity index is 2.03. The average molecular weight is 308 g/mol. The Kier molecular flexibility index (Phi) is 3.07. The number of pyridine rings is 2. The molecule has 0 saturated carbocycles. The summed E-state index contributed by atoms with van der Waals surface area (Å²) in [4.78, 5) is 12.9. The van der Waals surface area contributed by atoms with Gasteiger partial charge in [-0.05, 0) is 42.8 Å². The van der Waals surface area contributed by atoms with Gasteiger partial charge in [-0.1, -0.05) is 12.1 Å². The van der Waals surface area contributed by atoms with Crippen LogP contribution in [0.5, 0.6) is 0 Å². The van der Waals surface area contributed by atoms with E-state index in [1.807, 2.05) is 12.1 Å². The Labute approximate surface area is 131 Å². The molecule has 0 aliphatic heterocycles. The van der Waals surface area contributed by atoms with Crippen LogP contribution in [0.15, 0.2) is 48.7 Å². The van der Waals surface area contributed by atoms with Crippen LogP contribution in [-0.4, -0.2) is 26.8 Å². The molecule has 4 rings (SSSR count). The van der Waals surface area contributed by atoms with Gasteiger partial charge >= 0.3 is 7.40 Å². The van der Waals surface area contributed by atoms with E-state index in [1.54, 1.807) is 43.5 Å². The molecule has 0 bridgehead atoms. The van der Waals surface area contributed by atoms with Crippen LogP contribution in [0.3, 0.4) is 0 Å². The lowest BCUT2D eigenvalue weighted by molar-refractivity contribution is 0.634. The third kappa shape index (κ3) is 2.16. The number of para-hydroxylation sites is 1. The van der Waals surface area contributed by atoms with Crippen LogP contribution in [-0.2, 0) is 0 Å². The first kappa shape index (κ1) is 13.8. The maximum atomic E-state index is 13.6. The summed E-state index contributed by atoms with van der Waals surface area (Å²) >= 11 is 0. The Morgan fingerprint density at radius 1 is 1.00 bits per heavy atom. The molecule has 1 aromatic carbocycles. The predicted octanol–water partition coefficient (Wildman–Crippen LogP) is 3.73. The number of aromatic nitrogens is 4. The number of rotatable bonds is 2. The SMILES string of the molecule is Cc1cccc2nc(-c3ccc4cccnc4n3)n(B(F)F)c12. The lowest BCUT2D eigenvalue weighted by atomic mass is 10.1. The van der Waals surface area contributed by atoms with E-state index in [4.69, 9.17) is 0 Å². The molecule has 112 valence electrons. The normalized spacial score (nSPS) is 11.3. The van der Waals surface area contributed by atoms with Crippen molar-refractivity contribution in [1.82, 2.24) is 19.4 Å². The highest BCUT2D eigenvalue weighted by atomic mass is 19.2. The lowest BCUT2D eigenvalue weighted by Gasteiger charge is -2.07. The van der Waals surface area contributed by atoms with Crippen molar-refractivity contribution in [1.29, 1.82) is 0 Å². The number of hydrogen-bond acceptors (Lipinski definition) is 3. The summed E-state index contributed by atoms with van der Waals surface area (Å²) in [5.74, 6) is 0.150. The first-order valence-corrected chi connectivity index (χ1v) is 7.13. The van der Waals surface area contributed by atoms with E-state index in [-0.39, 0.29) is 5.82 Å². The molecule has 0 spiro atoms. The second-order valence-electron chi connectivity index (χ2n) is 5.27. The van der Waals surface area contributed by atoms with Gasteiger partial charge in [-0.2, -0.15) is 0 Å². The summed E-state index contributed by atoms with van der Waals surface area (Å²) in [5, 5.41) is 0.854. The van der Waals surface area contributed by atoms with E-state index in [0.717, 1.165) is 15.4 Å². The zero-order valence-electron chi connectivity index (χ0n) is 12.2. The second-order valence-corrected chi connectivity index (χ2v) is 5.27. The van der Waals surface area contributed by atoms with Gasteiger partial charge in [0.1, 0.15) is 5.69 Å². The number of fused-ring (bicyclic) bond motifs is 2. The van der Waals surface area contributed by atoms with Crippen molar-refractivity contribution in [2.75, 3.05) is 0 Å². The molecule has 3 aromatic heterocycles. The Morgan fingerprint density at radius 2 is 1.87 bits per heavy atom.